The third-order valence-electron chi connectivity index (χ3n) is 5.35. The molecule has 3 aromatic rings. The number of fused-ring (bicyclic) bond motifs is 3. The summed E-state index contributed by atoms with van der Waals surface area (Å²) in [7, 11) is 0. The zero-order valence-corrected chi connectivity index (χ0v) is 17.1. The van der Waals surface area contributed by atoms with Gasteiger partial charge in [-0.05, 0) is 40.3 Å². The van der Waals surface area contributed by atoms with Crippen molar-refractivity contribution in [1.29, 1.82) is 0 Å². The minimum Gasteiger partial charge on any atom is -0.0991 e. The Morgan fingerprint density at radius 1 is 0.786 bits per heavy atom. The highest BCUT2D eigenvalue weighted by Gasteiger charge is 2.46. The monoisotopic (exact) mass is 364 g/mol. The van der Waals surface area contributed by atoms with E-state index in [0.29, 0.717) is 0 Å². The number of rotatable bonds is 4. The molecule has 0 heteroatoms. The first-order chi connectivity index (χ1) is 13.7. The summed E-state index contributed by atoms with van der Waals surface area (Å²) in [5, 5.41) is 0. The molecule has 0 aliphatic heterocycles. The van der Waals surface area contributed by atoms with Crippen molar-refractivity contribution < 1.29 is 0 Å². The number of hydrogen-bond acceptors (Lipinski definition) is 0. The molecule has 1 aliphatic rings. The van der Waals surface area contributed by atoms with E-state index in [1.165, 1.54) is 33.4 Å². The van der Waals surface area contributed by atoms with Crippen molar-refractivity contribution in [1.82, 2.24) is 0 Å². The van der Waals surface area contributed by atoms with E-state index in [0.717, 1.165) is 5.57 Å². The molecule has 0 saturated heterocycles. The van der Waals surface area contributed by atoms with Crippen LogP contribution in [0.1, 0.15) is 36.1 Å². The maximum atomic E-state index is 4.15. The summed E-state index contributed by atoms with van der Waals surface area (Å²) in [6.07, 6.45) is 5.93. The first-order valence-corrected chi connectivity index (χ1v) is 9.95. The molecular weight excluding hydrogens is 336 g/mol. The van der Waals surface area contributed by atoms with Crippen LogP contribution in [0.4, 0.5) is 0 Å². The predicted molar refractivity (Wildman–Crippen MR) is 123 cm³/mol. The average molecular weight is 365 g/mol. The lowest BCUT2D eigenvalue weighted by molar-refractivity contribution is 0.766. The van der Waals surface area contributed by atoms with Gasteiger partial charge in [0.25, 0.3) is 0 Å². The maximum Gasteiger partial charge on any atom is 0.0713 e. The van der Waals surface area contributed by atoms with Crippen LogP contribution in [0.25, 0.3) is 11.1 Å². The molecule has 1 aliphatic carbocycles. The summed E-state index contributed by atoms with van der Waals surface area (Å²) in [5.74, 6) is 0. The fraction of sp³-hybridized carbons (Fsp3) is 0.143. The van der Waals surface area contributed by atoms with E-state index >= 15 is 0 Å². The Labute approximate surface area is 169 Å². The molecule has 0 nitrogen and oxygen atoms in total. The van der Waals surface area contributed by atoms with E-state index in [4.69, 9.17) is 0 Å². The standard InChI is InChI=1S/C26H22.C2H6/c1-4-11-20(5-2)26(21-13-10-12-19(3)18-21)24-16-8-6-14-22(24)23-15-7-9-17-25(23)26;1-2/h4-18H,1-2H2,3H3;1-2H3/b20-11+;. The molecule has 3 aromatic carbocycles. The van der Waals surface area contributed by atoms with Gasteiger partial charge in [-0.2, -0.15) is 0 Å². The van der Waals surface area contributed by atoms with Gasteiger partial charge < -0.3 is 0 Å². The fourth-order valence-electron chi connectivity index (χ4n) is 4.38. The van der Waals surface area contributed by atoms with E-state index in [1.54, 1.807) is 0 Å². The van der Waals surface area contributed by atoms with Gasteiger partial charge in [0, 0.05) is 0 Å². The van der Waals surface area contributed by atoms with Gasteiger partial charge >= 0.3 is 0 Å². The maximum absolute atomic E-state index is 4.15. The van der Waals surface area contributed by atoms with Crippen LogP contribution in [0.2, 0.25) is 0 Å². The Morgan fingerprint density at radius 2 is 1.36 bits per heavy atom. The SMILES string of the molecule is C=C/C=C(\C=C)C1(c2cccc(C)c2)c2ccccc2-c2ccccc21.CC. The first-order valence-electron chi connectivity index (χ1n) is 9.95. The van der Waals surface area contributed by atoms with Crippen molar-refractivity contribution in [3.63, 3.8) is 0 Å². The molecule has 0 fully saturated rings. The van der Waals surface area contributed by atoms with Gasteiger partial charge in [-0.1, -0.05) is 124 Å². The van der Waals surface area contributed by atoms with Crippen molar-refractivity contribution in [3.8, 4) is 11.1 Å². The predicted octanol–water partition coefficient (Wildman–Crippen LogP) is 7.63. The van der Waals surface area contributed by atoms with Gasteiger partial charge in [-0.25, -0.2) is 0 Å². The second kappa shape index (κ2) is 8.27. The lowest BCUT2D eigenvalue weighted by Crippen LogP contribution is -2.29. The smallest absolute Gasteiger partial charge is 0.0713 e. The molecule has 0 amide bonds. The quantitative estimate of drug-likeness (QED) is 0.417. The first kappa shape index (κ1) is 19.6. The highest BCUT2D eigenvalue weighted by Crippen LogP contribution is 2.56. The number of benzene rings is 3. The van der Waals surface area contributed by atoms with Gasteiger partial charge in [0.05, 0.1) is 5.41 Å². The van der Waals surface area contributed by atoms with Gasteiger partial charge in [0.15, 0.2) is 0 Å². The minimum absolute atomic E-state index is 0.366. The van der Waals surface area contributed by atoms with E-state index < -0.39 is 0 Å². The van der Waals surface area contributed by atoms with Crippen LogP contribution in [-0.4, -0.2) is 0 Å². The molecule has 0 aromatic heterocycles. The molecule has 140 valence electrons. The van der Waals surface area contributed by atoms with Crippen LogP contribution in [0.15, 0.2) is 110 Å². The van der Waals surface area contributed by atoms with Crippen LogP contribution < -0.4 is 0 Å². The Hall–Kier alpha value is -3.12. The second-order valence-corrected chi connectivity index (χ2v) is 6.77. The largest absolute Gasteiger partial charge is 0.0991 e. The normalized spacial score (nSPS) is 13.6. The summed E-state index contributed by atoms with van der Waals surface area (Å²) in [5.41, 5.74) is 8.50. The molecule has 0 radical (unpaired) electrons. The van der Waals surface area contributed by atoms with Gasteiger partial charge in [0.2, 0.25) is 0 Å². The van der Waals surface area contributed by atoms with Crippen molar-refractivity contribution in [3.05, 3.63) is 132 Å². The third-order valence-corrected chi connectivity index (χ3v) is 5.35. The van der Waals surface area contributed by atoms with E-state index in [2.05, 4.69) is 99.0 Å². The Bertz CT molecular complexity index is 988. The molecule has 0 heterocycles. The van der Waals surface area contributed by atoms with Crippen molar-refractivity contribution >= 4 is 0 Å². The average Bonchev–Trinajstić information content (AvgIpc) is 3.05. The highest BCUT2D eigenvalue weighted by molar-refractivity contribution is 5.86. The number of hydrogen-bond donors (Lipinski definition) is 0. The highest BCUT2D eigenvalue weighted by atomic mass is 14.5. The number of allylic oxidation sites excluding steroid dienone is 4. The zero-order valence-electron chi connectivity index (χ0n) is 17.1. The summed E-state index contributed by atoms with van der Waals surface area (Å²) in [6, 6.07) is 26.2. The molecule has 0 N–H and O–H groups in total. The van der Waals surface area contributed by atoms with Crippen LogP contribution >= 0.6 is 0 Å². The molecule has 0 atom stereocenters. The van der Waals surface area contributed by atoms with Crippen molar-refractivity contribution in [2.45, 2.75) is 26.2 Å². The summed E-state index contributed by atoms with van der Waals surface area (Å²) in [4.78, 5) is 0. The van der Waals surface area contributed by atoms with E-state index in [-0.39, 0.29) is 5.41 Å². The lowest BCUT2D eigenvalue weighted by atomic mass is 9.67. The van der Waals surface area contributed by atoms with Crippen LogP contribution in [0.3, 0.4) is 0 Å². The van der Waals surface area contributed by atoms with Crippen LogP contribution in [-0.2, 0) is 5.41 Å². The Morgan fingerprint density at radius 3 is 1.86 bits per heavy atom. The molecular formula is C28H28. The summed E-state index contributed by atoms with van der Waals surface area (Å²) in [6.45, 7) is 14.2. The minimum atomic E-state index is -0.366. The van der Waals surface area contributed by atoms with E-state index in [9.17, 15) is 0 Å². The summed E-state index contributed by atoms with van der Waals surface area (Å²) < 4.78 is 0. The van der Waals surface area contributed by atoms with Crippen molar-refractivity contribution in [2.24, 2.45) is 0 Å². The molecule has 28 heavy (non-hydrogen) atoms. The van der Waals surface area contributed by atoms with Crippen LogP contribution in [0, 0.1) is 6.92 Å². The summed E-state index contributed by atoms with van der Waals surface area (Å²) >= 11 is 0. The van der Waals surface area contributed by atoms with Gasteiger partial charge in [0.1, 0.15) is 0 Å². The Balaban J connectivity index is 0.00000109. The van der Waals surface area contributed by atoms with Gasteiger partial charge in [-0.15, -0.1) is 0 Å². The zero-order chi connectivity index (χ0) is 20.1. The Kier molecular flexibility index (Phi) is 5.80. The number of aryl methyl sites for hydroxylation is 1. The molecule has 0 spiro atoms. The molecule has 0 bridgehead atoms. The topological polar surface area (TPSA) is 0 Å². The lowest BCUT2D eigenvalue weighted by Gasteiger charge is -2.34. The van der Waals surface area contributed by atoms with Gasteiger partial charge in [-0.3, -0.25) is 0 Å². The second-order valence-electron chi connectivity index (χ2n) is 6.77. The molecule has 4 rings (SSSR count). The van der Waals surface area contributed by atoms with Crippen LogP contribution in [0.5, 0.6) is 0 Å². The fourth-order valence-corrected chi connectivity index (χ4v) is 4.38. The molecule has 0 saturated carbocycles. The third kappa shape index (κ3) is 2.86. The van der Waals surface area contributed by atoms with E-state index in [1.807, 2.05) is 26.0 Å². The van der Waals surface area contributed by atoms with Crippen molar-refractivity contribution in [2.75, 3.05) is 0 Å². The molecule has 0 unspecified atom stereocenters.